The first-order valence-electron chi connectivity index (χ1n) is 8.23. The Morgan fingerprint density at radius 3 is 2.75 bits per heavy atom. The van der Waals surface area contributed by atoms with Crippen LogP contribution in [0.4, 0.5) is 0 Å². The Kier molecular flexibility index (Phi) is 4.82. The molecule has 1 N–H and O–H groups in total. The second-order valence-electron chi connectivity index (χ2n) is 6.59. The van der Waals surface area contributed by atoms with E-state index >= 15 is 0 Å². The van der Waals surface area contributed by atoms with Gasteiger partial charge in [0.05, 0.1) is 0 Å². The quantitative estimate of drug-likeness (QED) is 0.903. The highest BCUT2D eigenvalue weighted by Gasteiger charge is 2.39. The Labute approximate surface area is 140 Å². The summed E-state index contributed by atoms with van der Waals surface area (Å²) >= 11 is 0. The summed E-state index contributed by atoms with van der Waals surface area (Å²) in [6.07, 6.45) is 2.14. The Hall–Kier alpha value is -1.99. The van der Waals surface area contributed by atoms with E-state index in [1.807, 2.05) is 6.07 Å². The van der Waals surface area contributed by atoms with Crippen LogP contribution in [0.1, 0.15) is 38.2 Å². The molecular weight excluding hydrogens is 310 g/mol. The van der Waals surface area contributed by atoms with Gasteiger partial charge in [0.15, 0.2) is 0 Å². The van der Waals surface area contributed by atoms with Gasteiger partial charge >= 0.3 is 0 Å². The van der Waals surface area contributed by atoms with Crippen LogP contribution in [0.3, 0.4) is 0 Å². The standard InChI is InChI=1S/C17H23N3O4/c1-11(2)8-13-9-12(10-14(21)18-13)15-19-16(20-24-15)17(22-3)4-6-23-7-5-17/h9-11H,4-8H2,1-3H3,(H,18,21). The maximum atomic E-state index is 11.9. The third-order valence-corrected chi connectivity index (χ3v) is 4.30. The van der Waals surface area contributed by atoms with Crippen LogP contribution >= 0.6 is 0 Å². The van der Waals surface area contributed by atoms with E-state index in [-0.39, 0.29) is 5.56 Å². The van der Waals surface area contributed by atoms with Crippen molar-refractivity contribution in [1.82, 2.24) is 15.1 Å². The van der Waals surface area contributed by atoms with Gasteiger partial charge in [0.1, 0.15) is 5.60 Å². The summed E-state index contributed by atoms with van der Waals surface area (Å²) in [5, 5.41) is 4.10. The van der Waals surface area contributed by atoms with E-state index in [0.717, 1.165) is 12.1 Å². The van der Waals surface area contributed by atoms with E-state index in [9.17, 15) is 4.79 Å². The third-order valence-electron chi connectivity index (χ3n) is 4.30. The molecule has 1 fully saturated rings. The lowest BCUT2D eigenvalue weighted by Crippen LogP contribution is -2.36. The van der Waals surface area contributed by atoms with Gasteiger partial charge in [0.25, 0.3) is 5.89 Å². The Balaban J connectivity index is 1.93. The highest BCUT2D eigenvalue weighted by Crippen LogP contribution is 2.34. The van der Waals surface area contributed by atoms with Crippen molar-refractivity contribution in [3.05, 3.63) is 34.0 Å². The maximum absolute atomic E-state index is 11.9. The minimum atomic E-state index is -0.581. The van der Waals surface area contributed by atoms with Crippen molar-refractivity contribution < 1.29 is 14.0 Å². The summed E-state index contributed by atoms with van der Waals surface area (Å²) in [5.41, 5.74) is 0.740. The van der Waals surface area contributed by atoms with Gasteiger partial charge in [-0.05, 0) is 18.4 Å². The first-order valence-corrected chi connectivity index (χ1v) is 8.23. The molecule has 0 aromatic carbocycles. The van der Waals surface area contributed by atoms with Crippen LogP contribution in [0.2, 0.25) is 0 Å². The molecule has 0 spiro atoms. The van der Waals surface area contributed by atoms with Crippen molar-refractivity contribution in [2.45, 2.75) is 38.7 Å². The zero-order chi connectivity index (χ0) is 17.2. The molecule has 0 radical (unpaired) electrons. The number of H-pyrrole nitrogens is 1. The van der Waals surface area contributed by atoms with Gasteiger partial charge in [0.2, 0.25) is 11.4 Å². The fourth-order valence-corrected chi connectivity index (χ4v) is 3.02. The molecule has 0 unspecified atom stereocenters. The zero-order valence-electron chi connectivity index (χ0n) is 14.3. The molecule has 0 aliphatic carbocycles. The molecule has 130 valence electrons. The SMILES string of the molecule is COC1(c2noc(-c3cc(CC(C)C)[nH]c(=O)c3)n2)CCOCC1. The van der Waals surface area contributed by atoms with Crippen molar-refractivity contribution in [3.63, 3.8) is 0 Å². The van der Waals surface area contributed by atoms with Gasteiger partial charge in [-0.15, -0.1) is 0 Å². The summed E-state index contributed by atoms with van der Waals surface area (Å²) in [7, 11) is 1.65. The number of hydrogen-bond donors (Lipinski definition) is 1. The molecule has 24 heavy (non-hydrogen) atoms. The first kappa shape index (κ1) is 16.9. The fourth-order valence-electron chi connectivity index (χ4n) is 3.02. The number of methoxy groups -OCH3 is 1. The zero-order valence-corrected chi connectivity index (χ0v) is 14.3. The molecular formula is C17H23N3O4. The minimum Gasteiger partial charge on any atom is -0.381 e. The summed E-state index contributed by atoms with van der Waals surface area (Å²) < 4.78 is 16.5. The number of hydrogen-bond acceptors (Lipinski definition) is 6. The van der Waals surface area contributed by atoms with Gasteiger partial charge in [0, 0.05) is 50.5 Å². The van der Waals surface area contributed by atoms with Crippen LogP contribution in [0.25, 0.3) is 11.5 Å². The number of pyridine rings is 1. The number of aromatic amines is 1. The Morgan fingerprint density at radius 2 is 2.08 bits per heavy atom. The van der Waals surface area contributed by atoms with Gasteiger partial charge in [-0.2, -0.15) is 4.98 Å². The van der Waals surface area contributed by atoms with E-state index < -0.39 is 5.60 Å². The summed E-state index contributed by atoms with van der Waals surface area (Å²) in [5.74, 6) is 1.28. The van der Waals surface area contributed by atoms with Crippen molar-refractivity contribution in [3.8, 4) is 11.5 Å². The highest BCUT2D eigenvalue weighted by atomic mass is 16.5. The number of aromatic nitrogens is 3. The largest absolute Gasteiger partial charge is 0.381 e. The van der Waals surface area contributed by atoms with Crippen LogP contribution in [0.15, 0.2) is 21.5 Å². The molecule has 1 saturated heterocycles. The molecule has 3 heterocycles. The van der Waals surface area contributed by atoms with Gasteiger partial charge in [-0.1, -0.05) is 19.0 Å². The molecule has 0 amide bonds. The lowest BCUT2D eigenvalue weighted by molar-refractivity contribution is -0.101. The van der Waals surface area contributed by atoms with Crippen molar-refractivity contribution in [2.75, 3.05) is 20.3 Å². The second-order valence-corrected chi connectivity index (χ2v) is 6.59. The molecule has 1 aliphatic heterocycles. The molecule has 0 atom stereocenters. The number of rotatable bonds is 5. The minimum absolute atomic E-state index is 0.171. The molecule has 7 heteroatoms. The predicted molar refractivity (Wildman–Crippen MR) is 87.6 cm³/mol. The highest BCUT2D eigenvalue weighted by molar-refractivity contribution is 5.52. The Bertz CT molecular complexity index is 744. The number of ether oxygens (including phenoxy) is 2. The number of nitrogens with zero attached hydrogens (tertiary/aromatic N) is 2. The van der Waals surface area contributed by atoms with Crippen LogP contribution < -0.4 is 5.56 Å². The third kappa shape index (κ3) is 3.42. The monoisotopic (exact) mass is 333 g/mol. The Morgan fingerprint density at radius 1 is 1.33 bits per heavy atom. The van der Waals surface area contributed by atoms with Crippen molar-refractivity contribution in [1.29, 1.82) is 0 Å². The number of nitrogens with one attached hydrogen (secondary N) is 1. The molecule has 1 aliphatic rings. The fraction of sp³-hybridized carbons (Fsp3) is 0.588. The topological polar surface area (TPSA) is 90.2 Å². The molecule has 0 bridgehead atoms. The van der Waals surface area contributed by atoms with Crippen LogP contribution in [0, 0.1) is 5.92 Å². The predicted octanol–water partition coefficient (Wildman–Crippen LogP) is 2.28. The molecule has 3 rings (SSSR count). The van der Waals surface area contributed by atoms with Crippen LogP contribution in [-0.4, -0.2) is 35.4 Å². The van der Waals surface area contributed by atoms with Gasteiger partial charge in [-0.25, -0.2) is 0 Å². The maximum Gasteiger partial charge on any atom is 0.258 e. The average Bonchev–Trinajstić information content (AvgIpc) is 3.05. The van der Waals surface area contributed by atoms with E-state index in [1.54, 1.807) is 7.11 Å². The second kappa shape index (κ2) is 6.86. The lowest BCUT2D eigenvalue weighted by atomic mass is 9.93. The molecule has 0 saturated carbocycles. The van der Waals surface area contributed by atoms with Gasteiger partial charge in [-0.3, -0.25) is 4.79 Å². The van der Waals surface area contributed by atoms with E-state index in [1.165, 1.54) is 6.07 Å². The average molecular weight is 333 g/mol. The van der Waals surface area contributed by atoms with Crippen LogP contribution in [0.5, 0.6) is 0 Å². The molecule has 2 aromatic heterocycles. The van der Waals surface area contributed by atoms with E-state index in [4.69, 9.17) is 14.0 Å². The first-order chi connectivity index (χ1) is 11.5. The van der Waals surface area contributed by atoms with Gasteiger partial charge < -0.3 is 19.0 Å². The van der Waals surface area contributed by atoms with Crippen LogP contribution in [-0.2, 0) is 21.5 Å². The lowest BCUT2D eigenvalue weighted by Gasteiger charge is -2.32. The smallest absolute Gasteiger partial charge is 0.258 e. The summed E-state index contributed by atoms with van der Waals surface area (Å²) in [6.45, 7) is 5.40. The normalized spacial score (nSPS) is 17.3. The molecule has 7 nitrogen and oxygen atoms in total. The summed E-state index contributed by atoms with van der Waals surface area (Å²) in [6, 6.07) is 3.37. The van der Waals surface area contributed by atoms with E-state index in [2.05, 4.69) is 29.0 Å². The van der Waals surface area contributed by atoms with Crippen molar-refractivity contribution in [2.24, 2.45) is 5.92 Å². The molecule has 2 aromatic rings. The summed E-state index contributed by atoms with van der Waals surface area (Å²) in [4.78, 5) is 19.3. The van der Waals surface area contributed by atoms with E-state index in [0.29, 0.717) is 49.3 Å². The van der Waals surface area contributed by atoms with Crippen molar-refractivity contribution >= 4 is 0 Å².